The Labute approximate surface area is 128 Å². The first-order valence-corrected chi connectivity index (χ1v) is 8.03. The first kappa shape index (κ1) is 17.2. The number of aromatic nitrogens is 1. The van der Waals surface area contributed by atoms with E-state index >= 15 is 0 Å². The van der Waals surface area contributed by atoms with Gasteiger partial charge in [0.2, 0.25) is 0 Å². The maximum atomic E-state index is 12.4. The number of hydrogen-bond donors (Lipinski definition) is 1. The molecule has 1 rings (SSSR count). The minimum atomic E-state index is -0.546. The van der Waals surface area contributed by atoms with Crippen LogP contribution in [0.5, 0.6) is 0 Å². The van der Waals surface area contributed by atoms with Crippen LogP contribution in [0.1, 0.15) is 23.7 Å². The molecule has 0 saturated carbocycles. The summed E-state index contributed by atoms with van der Waals surface area (Å²) in [6, 6.07) is 1.28. The monoisotopic (exact) mass is 312 g/mol. The number of nitrogens with one attached hydrogen (secondary N) is 1. The smallest absolute Gasteiger partial charge is 0.288 e. The van der Waals surface area contributed by atoms with Crippen molar-refractivity contribution >= 4 is 29.2 Å². The lowest BCUT2D eigenvalue weighted by molar-refractivity contribution is -0.385. The van der Waals surface area contributed by atoms with Crippen LogP contribution in [0.4, 0.5) is 11.5 Å². The lowest BCUT2D eigenvalue weighted by Crippen LogP contribution is -2.30. The number of nitrogens with zero attached hydrogens (tertiary/aromatic N) is 3. The molecule has 1 amide bonds. The normalized spacial score (nSPS) is 10.2. The minimum Gasteiger partial charge on any atom is -0.369 e. The van der Waals surface area contributed by atoms with Crippen LogP contribution < -0.4 is 5.32 Å². The van der Waals surface area contributed by atoms with Crippen LogP contribution in [0, 0.1) is 10.1 Å². The zero-order valence-electron chi connectivity index (χ0n) is 12.5. The van der Waals surface area contributed by atoms with Crippen molar-refractivity contribution in [2.75, 3.05) is 37.5 Å². The Balaban J connectivity index is 3.06. The van der Waals surface area contributed by atoms with E-state index in [2.05, 4.69) is 10.3 Å². The SMILES string of the molecule is CCCNc1ncc([N+](=O)[O-])cc1C(=O)N(C)CCSC. The van der Waals surface area contributed by atoms with E-state index in [1.165, 1.54) is 6.07 Å². The fourth-order valence-electron chi connectivity index (χ4n) is 1.64. The Hall–Kier alpha value is -1.83. The molecule has 0 aliphatic carbocycles. The van der Waals surface area contributed by atoms with E-state index in [1.807, 2.05) is 13.2 Å². The molecule has 0 atom stereocenters. The largest absolute Gasteiger partial charge is 0.369 e. The van der Waals surface area contributed by atoms with E-state index < -0.39 is 4.92 Å². The van der Waals surface area contributed by atoms with Gasteiger partial charge in [0, 0.05) is 32.0 Å². The second-order valence-electron chi connectivity index (χ2n) is 4.49. The molecule has 0 fully saturated rings. The molecule has 0 saturated heterocycles. The topological polar surface area (TPSA) is 88.4 Å². The van der Waals surface area contributed by atoms with Gasteiger partial charge >= 0.3 is 0 Å². The summed E-state index contributed by atoms with van der Waals surface area (Å²) in [6.07, 6.45) is 3.99. The summed E-state index contributed by atoms with van der Waals surface area (Å²) < 4.78 is 0. The molecule has 1 heterocycles. The third-order valence-corrected chi connectivity index (χ3v) is 3.43. The van der Waals surface area contributed by atoms with Gasteiger partial charge in [0.25, 0.3) is 11.6 Å². The van der Waals surface area contributed by atoms with Crippen molar-refractivity contribution in [1.82, 2.24) is 9.88 Å². The molecule has 7 nitrogen and oxygen atoms in total. The molecule has 0 radical (unpaired) electrons. The van der Waals surface area contributed by atoms with Gasteiger partial charge in [0.1, 0.15) is 12.0 Å². The molecule has 21 heavy (non-hydrogen) atoms. The summed E-state index contributed by atoms with van der Waals surface area (Å²) >= 11 is 1.64. The third kappa shape index (κ3) is 4.89. The van der Waals surface area contributed by atoms with Crippen LogP contribution in [-0.2, 0) is 0 Å². The Morgan fingerprint density at radius 3 is 2.86 bits per heavy atom. The highest BCUT2D eigenvalue weighted by atomic mass is 32.2. The predicted molar refractivity (Wildman–Crippen MR) is 85.0 cm³/mol. The van der Waals surface area contributed by atoms with Crippen molar-refractivity contribution in [1.29, 1.82) is 0 Å². The fourth-order valence-corrected chi connectivity index (χ4v) is 2.09. The first-order chi connectivity index (χ1) is 10.0. The van der Waals surface area contributed by atoms with Crippen molar-refractivity contribution in [3.8, 4) is 0 Å². The fraction of sp³-hybridized carbons (Fsp3) is 0.538. The van der Waals surface area contributed by atoms with E-state index in [4.69, 9.17) is 0 Å². The van der Waals surface area contributed by atoms with Gasteiger partial charge in [-0.2, -0.15) is 11.8 Å². The highest BCUT2D eigenvalue weighted by Crippen LogP contribution is 2.20. The van der Waals surface area contributed by atoms with Crippen molar-refractivity contribution in [2.24, 2.45) is 0 Å². The minimum absolute atomic E-state index is 0.182. The van der Waals surface area contributed by atoms with Gasteiger partial charge in [0.15, 0.2) is 0 Å². The van der Waals surface area contributed by atoms with E-state index in [0.29, 0.717) is 18.9 Å². The van der Waals surface area contributed by atoms with Crippen LogP contribution in [0.25, 0.3) is 0 Å². The maximum Gasteiger partial charge on any atom is 0.288 e. The molecule has 1 aromatic rings. The van der Waals surface area contributed by atoms with E-state index in [9.17, 15) is 14.9 Å². The average Bonchev–Trinajstić information content (AvgIpc) is 2.49. The molecule has 0 bridgehead atoms. The Kier molecular flexibility index (Phi) is 6.93. The van der Waals surface area contributed by atoms with Crippen molar-refractivity contribution in [2.45, 2.75) is 13.3 Å². The summed E-state index contributed by atoms with van der Waals surface area (Å²) in [5, 5.41) is 13.9. The van der Waals surface area contributed by atoms with E-state index in [1.54, 1.807) is 23.7 Å². The second-order valence-corrected chi connectivity index (χ2v) is 5.48. The van der Waals surface area contributed by atoms with Crippen molar-refractivity contribution < 1.29 is 9.72 Å². The molecule has 8 heteroatoms. The zero-order chi connectivity index (χ0) is 15.8. The van der Waals surface area contributed by atoms with E-state index in [0.717, 1.165) is 18.4 Å². The molecule has 0 aliphatic heterocycles. The van der Waals surface area contributed by atoms with E-state index in [-0.39, 0.29) is 17.2 Å². The predicted octanol–water partition coefficient (Wildman–Crippen LogP) is 2.25. The molecule has 1 aromatic heterocycles. The highest BCUT2D eigenvalue weighted by Gasteiger charge is 2.20. The molecule has 0 aromatic carbocycles. The lowest BCUT2D eigenvalue weighted by atomic mass is 10.2. The van der Waals surface area contributed by atoms with Gasteiger partial charge in [0.05, 0.1) is 10.5 Å². The second kappa shape index (κ2) is 8.46. The van der Waals surface area contributed by atoms with Gasteiger partial charge in [-0.05, 0) is 12.7 Å². The Morgan fingerprint density at radius 1 is 1.57 bits per heavy atom. The number of nitro groups is 1. The summed E-state index contributed by atoms with van der Waals surface area (Å²) in [5.74, 6) is 0.935. The van der Waals surface area contributed by atoms with Crippen LogP contribution in [-0.4, -0.2) is 52.9 Å². The number of thioether (sulfide) groups is 1. The lowest BCUT2D eigenvalue weighted by Gasteiger charge is -2.18. The number of carbonyl (C=O) groups is 1. The first-order valence-electron chi connectivity index (χ1n) is 6.64. The Morgan fingerprint density at radius 2 is 2.29 bits per heavy atom. The molecule has 1 N–H and O–H groups in total. The summed E-state index contributed by atoms with van der Waals surface area (Å²) in [5.41, 5.74) is 0.0555. The molecular weight excluding hydrogens is 292 g/mol. The zero-order valence-corrected chi connectivity index (χ0v) is 13.3. The van der Waals surface area contributed by atoms with Crippen molar-refractivity contribution in [3.63, 3.8) is 0 Å². The van der Waals surface area contributed by atoms with Crippen LogP contribution in [0.3, 0.4) is 0 Å². The number of rotatable bonds is 8. The summed E-state index contributed by atoms with van der Waals surface area (Å²) in [6.45, 7) is 3.22. The summed E-state index contributed by atoms with van der Waals surface area (Å²) in [7, 11) is 1.68. The summed E-state index contributed by atoms with van der Waals surface area (Å²) in [4.78, 5) is 28.3. The maximum absolute atomic E-state index is 12.4. The van der Waals surface area contributed by atoms with Crippen LogP contribution >= 0.6 is 11.8 Å². The Bertz CT molecular complexity index is 510. The number of pyridine rings is 1. The third-order valence-electron chi connectivity index (χ3n) is 2.83. The highest BCUT2D eigenvalue weighted by molar-refractivity contribution is 7.98. The quantitative estimate of drug-likeness (QED) is 0.585. The van der Waals surface area contributed by atoms with Gasteiger partial charge in [-0.1, -0.05) is 6.92 Å². The molecular formula is C13H20N4O3S. The number of anilines is 1. The van der Waals surface area contributed by atoms with Gasteiger partial charge in [-0.3, -0.25) is 14.9 Å². The number of amides is 1. The molecule has 0 unspecified atom stereocenters. The number of carbonyl (C=O) groups excluding carboxylic acids is 1. The van der Waals surface area contributed by atoms with Crippen LogP contribution in [0.15, 0.2) is 12.3 Å². The molecule has 0 aliphatic rings. The number of hydrogen-bond acceptors (Lipinski definition) is 6. The van der Waals surface area contributed by atoms with Crippen LogP contribution in [0.2, 0.25) is 0 Å². The average molecular weight is 312 g/mol. The van der Waals surface area contributed by atoms with Gasteiger partial charge < -0.3 is 10.2 Å². The van der Waals surface area contributed by atoms with Gasteiger partial charge in [-0.15, -0.1) is 0 Å². The van der Waals surface area contributed by atoms with Crippen molar-refractivity contribution in [3.05, 3.63) is 27.9 Å². The molecule has 0 spiro atoms. The van der Waals surface area contributed by atoms with Gasteiger partial charge in [-0.25, -0.2) is 4.98 Å². The molecule has 116 valence electrons. The standard InChI is InChI=1S/C13H20N4O3S/c1-4-5-14-12-11(8-10(9-15-12)17(19)20)13(18)16(2)6-7-21-3/h8-9H,4-7H2,1-3H3,(H,14,15).